The molecule has 1 aliphatic rings. The van der Waals surface area contributed by atoms with E-state index in [1.165, 1.54) is 12.4 Å². The van der Waals surface area contributed by atoms with Gasteiger partial charge in [0.1, 0.15) is 11.4 Å². The fraction of sp³-hybridized carbons (Fsp3) is 0.320. The molecule has 0 atom stereocenters. The molecule has 1 N–H and O–H groups in total. The molecule has 0 radical (unpaired) electrons. The summed E-state index contributed by atoms with van der Waals surface area (Å²) in [6.07, 6.45) is 4.43. The number of ether oxygens (including phenoxy) is 1. The van der Waals surface area contributed by atoms with E-state index in [0.29, 0.717) is 43.4 Å². The first-order chi connectivity index (χ1) is 16.3. The summed E-state index contributed by atoms with van der Waals surface area (Å²) in [5, 5.41) is 2.77. The maximum atomic E-state index is 12.6. The zero-order valence-electron chi connectivity index (χ0n) is 19.6. The maximum Gasteiger partial charge on any atom is 0.410 e. The average molecular weight is 461 g/mol. The van der Waals surface area contributed by atoms with Crippen LogP contribution in [0.1, 0.15) is 31.1 Å². The van der Waals surface area contributed by atoms with Crippen LogP contribution in [0.2, 0.25) is 0 Å². The van der Waals surface area contributed by atoms with Crippen LogP contribution in [0.25, 0.3) is 11.4 Å². The van der Waals surface area contributed by atoms with Gasteiger partial charge >= 0.3 is 6.09 Å². The van der Waals surface area contributed by atoms with Gasteiger partial charge in [-0.2, -0.15) is 0 Å². The van der Waals surface area contributed by atoms with E-state index in [9.17, 15) is 9.59 Å². The normalized spacial score (nSPS) is 14.0. The van der Waals surface area contributed by atoms with Gasteiger partial charge in [-0.05, 0) is 32.9 Å². The van der Waals surface area contributed by atoms with Crippen LogP contribution in [0, 0.1) is 0 Å². The molecule has 1 saturated heterocycles. The van der Waals surface area contributed by atoms with Crippen molar-refractivity contribution < 1.29 is 14.3 Å². The number of hydrogen-bond acceptors (Lipinski definition) is 7. The van der Waals surface area contributed by atoms with E-state index in [-0.39, 0.29) is 12.0 Å². The number of aromatic nitrogens is 3. The molecule has 4 rings (SSSR count). The van der Waals surface area contributed by atoms with E-state index in [2.05, 4.69) is 25.2 Å². The molecule has 2 aromatic heterocycles. The molecule has 9 nitrogen and oxygen atoms in total. The molecule has 0 spiro atoms. The summed E-state index contributed by atoms with van der Waals surface area (Å²) in [7, 11) is 0. The Balaban J connectivity index is 1.31. The Morgan fingerprint density at radius 1 is 0.882 bits per heavy atom. The third-order valence-electron chi connectivity index (χ3n) is 5.23. The smallest absolute Gasteiger partial charge is 0.410 e. The number of pyridine rings is 1. The Kier molecular flexibility index (Phi) is 6.72. The molecule has 176 valence electrons. The van der Waals surface area contributed by atoms with Crippen LogP contribution in [0.5, 0.6) is 0 Å². The first-order valence-corrected chi connectivity index (χ1v) is 11.2. The maximum absolute atomic E-state index is 12.6. The SMILES string of the molecule is CC(C)(C)OC(=O)N1CCN(c2ccc(NC(=O)c3cnc(-c4ccccc4)nc3)nc2)CC1. The lowest BCUT2D eigenvalue weighted by atomic mass is 10.2. The van der Waals surface area contributed by atoms with Crippen LogP contribution in [0.4, 0.5) is 16.3 Å². The number of nitrogens with zero attached hydrogens (tertiary/aromatic N) is 5. The number of benzene rings is 1. The van der Waals surface area contributed by atoms with Crippen LogP contribution < -0.4 is 10.2 Å². The summed E-state index contributed by atoms with van der Waals surface area (Å²) in [4.78, 5) is 41.6. The molecule has 1 aliphatic heterocycles. The van der Waals surface area contributed by atoms with Gasteiger partial charge in [0.15, 0.2) is 5.82 Å². The zero-order chi connectivity index (χ0) is 24.1. The fourth-order valence-corrected chi connectivity index (χ4v) is 3.49. The van der Waals surface area contributed by atoms with Gasteiger partial charge < -0.3 is 19.9 Å². The van der Waals surface area contributed by atoms with Crippen molar-refractivity contribution in [1.82, 2.24) is 19.9 Å². The zero-order valence-corrected chi connectivity index (χ0v) is 19.6. The van der Waals surface area contributed by atoms with Crippen molar-refractivity contribution in [2.75, 3.05) is 36.4 Å². The molecular formula is C25H28N6O3. The summed E-state index contributed by atoms with van der Waals surface area (Å²) in [6, 6.07) is 13.2. The Bertz CT molecular complexity index is 1120. The van der Waals surface area contributed by atoms with E-state index >= 15 is 0 Å². The highest BCUT2D eigenvalue weighted by Gasteiger charge is 2.26. The molecule has 0 bridgehead atoms. The second-order valence-corrected chi connectivity index (χ2v) is 8.97. The van der Waals surface area contributed by atoms with Crippen molar-refractivity contribution in [1.29, 1.82) is 0 Å². The topological polar surface area (TPSA) is 101 Å². The van der Waals surface area contributed by atoms with Gasteiger partial charge in [0.2, 0.25) is 0 Å². The number of carbonyl (C=O) groups is 2. The molecule has 0 unspecified atom stereocenters. The number of amides is 2. The Morgan fingerprint density at radius 3 is 2.15 bits per heavy atom. The fourth-order valence-electron chi connectivity index (χ4n) is 3.49. The lowest BCUT2D eigenvalue weighted by Crippen LogP contribution is -2.50. The van der Waals surface area contributed by atoms with E-state index < -0.39 is 5.60 Å². The number of carbonyl (C=O) groups excluding carboxylic acids is 2. The van der Waals surface area contributed by atoms with Crippen molar-refractivity contribution in [3.63, 3.8) is 0 Å². The van der Waals surface area contributed by atoms with Gasteiger partial charge in [0.25, 0.3) is 5.91 Å². The van der Waals surface area contributed by atoms with Crippen LogP contribution in [-0.2, 0) is 4.74 Å². The van der Waals surface area contributed by atoms with Crippen molar-refractivity contribution in [3.05, 3.63) is 66.6 Å². The average Bonchev–Trinajstić information content (AvgIpc) is 2.84. The van der Waals surface area contributed by atoms with Crippen molar-refractivity contribution in [2.24, 2.45) is 0 Å². The Labute approximate surface area is 198 Å². The summed E-state index contributed by atoms with van der Waals surface area (Å²) in [6.45, 7) is 8.09. The predicted molar refractivity (Wildman–Crippen MR) is 130 cm³/mol. The van der Waals surface area contributed by atoms with Crippen molar-refractivity contribution in [2.45, 2.75) is 26.4 Å². The highest BCUT2D eigenvalue weighted by atomic mass is 16.6. The van der Waals surface area contributed by atoms with Gasteiger partial charge in [-0.1, -0.05) is 30.3 Å². The Hall–Kier alpha value is -4.01. The number of rotatable bonds is 4. The summed E-state index contributed by atoms with van der Waals surface area (Å²) >= 11 is 0. The standard InChI is InChI=1S/C25H28N6O3/c1-25(2,3)34-24(33)31-13-11-30(12-14-31)20-9-10-21(26-17-20)29-23(32)19-15-27-22(28-16-19)18-7-5-4-6-8-18/h4-10,15-17H,11-14H2,1-3H3,(H,26,29,32). The minimum Gasteiger partial charge on any atom is -0.444 e. The molecule has 0 saturated carbocycles. The van der Waals surface area contributed by atoms with E-state index in [1.54, 1.807) is 17.2 Å². The van der Waals surface area contributed by atoms with E-state index in [1.807, 2.05) is 57.2 Å². The summed E-state index contributed by atoms with van der Waals surface area (Å²) in [5.41, 5.74) is 1.66. The van der Waals surface area contributed by atoms with E-state index in [4.69, 9.17) is 4.74 Å². The molecule has 2 amide bonds. The van der Waals surface area contributed by atoms with Crippen LogP contribution >= 0.6 is 0 Å². The van der Waals surface area contributed by atoms with Crippen molar-refractivity contribution >= 4 is 23.5 Å². The second-order valence-electron chi connectivity index (χ2n) is 8.97. The highest BCUT2D eigenvalue weighted by Crippen LogP contribution is 2.19. The first-order valence-electron chi connectivity index (χ1n) is 11.2. The molecule has 34 heavy (non-hydrogen) atoms. The van der Waals surface area contributed by atoms with Gasteiger partial charge in [-0.3, -0.25) is 4.79 Å². The number of hydrogen-bond donors (Lipinski definition) is 1. The monoisotopic (exact) mass is 460 g/mol. The molecular weight excluding hydrogens is 432 g/mol. The third-order valence-corrected chi connectivity index (χ3v) is 5.23. The number of piperazine rings is 1. The minimum absolute atomic E-state index is 0.288. The van der Waals surface area contributed by atoms with Gasteiger partial charge in [-0.25, -0.2) is 19.7 Å². The second kappa shape index (κ2) is 9.86. The molecule has 0 aliphatic carbocycles. The quantitative estimate of drug-likeness (QED) is 0.631. The lowest BCUT2D eigenvalue weighted by molar-refractivity contribution is 0.0240. The summed E-state index contributed by atoms with van der Waals surface area (Å²) < 4.78 is 5.44. The first kappa shape index (κ1) is 23.2. The highest BCUT2D eigenvalue weighted by molar-refractivity contribution is 6.03. The third kappa shape index (κ3) is 5.86. The molecule has 3 aromatic rings. The largest absolute Gasteiger partial charge is 0.444 e. The predicted octanol–water partition coefficient (Wildman–Crippen LogP) is 3.85. The van der Waals surface area contributed by atoms with Crippen LogP contribution in [-0.4, -0.2) is 63.6 Å². The van der Waals surface area contributed by atoms with Gasteiger partial charge in [0, 0.05) is 44.1 Å². The minimum atomic E-state index is -0.505. The number of nitrogens with one attached hydrogen (secondary N) is 1. The lowest BCUT2D eigenvalue weighted by Gasteiger charge is -2.36. The van der Waals surface area contributed by atoms with Gasteiger partial charge in [-0.15, -0.1) is 0 Å². The summed E-state index contributed by atoms with van der Waals surface area (Å²) in [5.74, 6) is 0.672. The molecule has 9 heteroatoms. The molecule has 1 aromatic carbocycles. The van der Waals surface area contributed by atoms with Crippen molar-refractivity contribution in [3.8, 4) is 11.4 Å². The van der Waals surface area contributed by atoms with E-state index in [0.717, 1.165) is 11.3 Å². The number of anilines is 2. The van der Waals surface area contributed by atoms with Crippen LogP contribution in [0.15, 0.2) is 61.1 Å². The molecule has 3 heterocycles. The Morgan fingerprint density at radius 2 is 1.56 bits per heavy atom. The van der Waals surface area contributed by atoms with Crippen LogP contribution in [0.3, 0.4) is 0 Å². The van der Waals surface area contributed by atoms with Gasteiger partial charge in [0.05, 0.1) is 17.4 Å². The molecule has 1 fully saturated rings.